The molecule has 0 spiro atoms. The van der Waals surface area contributed by atoms with Gasteiger partial charge in [0.25, 0.3) is 0 Å². The van der Waals surface area contributed by atoms with E-state index in [9.17, 15) is 23.2 Å². The van der Waals surface area contributed by atoms with Gasteiger partial charge in [-0.3, -0.25) is 14.5 Å². The molecule has 34 heavy (non-hydrogen) atoms. The topological polar surface area (TPSA) is 139 Å². The first-order valence-electron chi connectivity index (χ1n) is 10.0. The lowest BCUT2D eigenvalue weighted by Gasteiger charge is -2.24. The van der Waals surface area contributed by atoms with Gasteiger partial charge in [0, 0.05) is 42.7 Å². The van der Waals surface area contributed by atoms with Crippen molar-refractivity contribution in [1.82, 2.24) is 9.80 Å². The van der Waals surface area contributed by atoms with Crippen LogP contribution in [0.1, 0.15) is 23.3 Å². The highest BCUT2D eigenvalue weighted by molar-refractivity contribution is 7.09. The number of carbonyl (C=O) groups is 3. The molecule has 0 amide bonds. The molecule has 0 aliphatic carbocycles. The smallest absolute Gasteiger partial charge is 0.336 e. The number of halogens is 2. The van der Waals surface area contributed by atoms with Crippen LogP contribution in [0.25, 0.3) is 0 Å². The van der Waals surface area contributed by atoms with Gasteiger partial charge in [0.15, 0.2) is 5.60 Å². The Morgan fingerprint density at radius 1 is 0.971 bits per heavy atom. The molecule has 0 bridgehead atoms. The molecule has 2 aromatic rings. The molecule has 12 heteroatoms. The summed E-state index contributed by atoms with van der Waals surface area (Å²) in [6, 6.07) is 7.89. The van der Waals surface area contributed by atoms with Crippen LogP contribution in [0.2, 0.25) is 0 Å². The first-order chi connectivity index (χ1) is 15.8. The van der Waals surface area contributed by atoms with Gasteiger partial charge >= 0.3 is 17.9 Å². The fourth-order valence-electron chi connectivity index (χ4n) is 2.78. The van der Waals surface area contributed by atoms with E-state index in [1.54, 1.807) is 11.3 Å². The molecule has 1 aromatic carbocycles. The van der Waals surface area contributed by atoms with Crippen molar-refractivity contribution in [3.63, 3.8) is 0 Å². The molecule has 2 rings (SSSR count). The Morgan fingerprint density at radius 2 is 1.59 bits per heavy atom. The fourth-order valence-corrected chi connectivity index (χ4v) is 3.53. The number of nitrogens with zero attached hydrogens (tertiary/aromatic N) is 2. The molecule has 9 nitrogen and oxygen atoms in total. The van der Waals surface area contributed by atoms with Crippen LogP contribution >= 0.6 is 11.3 Å². The molecule has 188 valence electrons. The average molecular weight is 503 g/mol. The van der Waals surface area contributed by atoms with Crippen molar-refractivity contribution < 1.29 is 43.6 Å². The maximum absolute atomic E-state index is 13.8. The molecule has 1 aromatic heterocycles. The number of thiophene rings is 1. The lowest BCUT2D eigenvalue weighted by molar-refractivity contribution is -0.170. The zero-order valence-corrected chi connectivity index (χ0v) is 19.6. The van der Waals surface area contributed by atoms with Crippen molar-refractivity contribution in [2.75, 3.05) is 27.2 Å². The lowest BCUT2D eigenvalue weighted by atomic mass is 9.96. The van der Waals surface area contributed by atoms with E-state index >= 15 is 0 Å². The van der Waals surface area contributed by atoms with E-state index < -0.39 is 48.0 Å². The Bertz CT molecular complexity index is 939. The van der Waals surface area contributed by atoms with E-state index in [4.69, 9.17) is 20.4 Å². The van der Waals surface area contributed by atoms with Gasteiger partial charge in [0.2, 0.25) is 0 Å². The van der Waals surface area contributed by atoms with Crippen LogP contribution in [0, 0.1) is 11.6 Å². The Balaban J connectivity index is 0.000000385. The quantitative estimate of drug-likeness (QED) is 0.344. The average Bonchev–Trinajstić information content (AvgIpc) is 3.20. The van der Waals surface area contributed by atoms with Crippen LogP contribution < -0.4 is 0 Å². The summed E-state index contributed by atoms with van der Waals surface area (Å²) in [5.74, 6) is -6.03. The third kappa shape index (κ3) is 10.8. The van der Waals surface area contributed by atoms with E-state index in [2.05, 4.69) is 15.9 Å². The number of carboxylic acid groups (broad SMARTS) is 3. The van der Waals surface area contributed by atoms with Gasteiger partial charge in [-0.25, -0.2) is 13.6 Å². The zero-order valence-electron chi connectivity index (χ0n) is 18.8. The zero-order chi connectivity index (χ0) is 25.9. The summed E-state index contributed by atoms with van der Waals surface area (Å²) in [6.45, 7) is 3.00. The third-order valence-electron chi connectivity index (χ3n) is 4.52. The molecule has 0 aliphatic rings. The summed E-state index contributed by atoms with van der Waals surface area (Å²) < 4.78 is 26.8. The number of rotatable bonds is 12. The summed E-state index contributed by atoms with van der Waals surface area (Å²) in [5, 5.41) is 35.9. The van der Waals surface area contributed by atoms with Crippen molar-refractivity contribution in [2.45, 2.75) is 31.5 Å². The van der Waals surface area contributed by atoms with Gasteiger partial charge < -0.3 is 25.3 Å². The molecular weight excluding hydrogens is 474 g/mol. The number of benzene rings is 1. The first kappa shape index (κ1) is 29.1. The van der Waals surface area contributed by atoms with Gasteiger partial charge in [0.05, 0.1) is 12.8 Å². The minimum Gasteiger partial charge on any atom is -0.481 e. The van der Waals surface area contributed by atoms with Crippen LogP contribution in [0.15, 0.2) is 35.7 Å². The van der Waals surface area contributed by atoms with Gasteiger partial charge in [-0.05, 0) is 31.6 Å². The number of aliphatic carboxylic acids is 3. The minimum atomic E-state index is -2.74. The largest absolute Gasteiger partial charge is 0.481 e. The Morgan fingerprint density at radius 3 is 2.03 bits per heavy atom. The third-order valence-corrected chi connectivity index (χ3v) is 5.38. The molecular formula is C22H28F2N2O7S. The standard InChI is InChI=1S/C16H20F2N2S.C6H8O7/c1-19(2)7-8-20(12-15-4-3-9-21-15)11-13-5-6-14(17)10-16(13)18;7-3(8)1-6(13,5(11)12)2-4(9)10/h3-6,9-10H,7-8,11-12H2,1-2H3;13H,1-2H2,(H,7,8)(H,9,10)(H,11,12). The maximum Gasteiger partial charge on any atom is 0.336 e. The van der Waals surface area contributed by atoms with Crippen LogP contribution in [-0.2, 0) is 27.5 Å². The SMILES string of the molecule is CN(C)CCN(Cc1cccs1)Cc1ccc(F)cc1F.O=C(O)CC(O)(CC(=O)O)C(=O)O. The second-order valence-corrected chi connectivity index (χ2v) is 8.84. The summed E-state index contributed by atoms with van der Waals surface area (Å²) >= 11 is 1.69. The van der Waals surface area contributed by atoms with E-state index in [0.717, 1.165) is 25.7 Å². The van der Waals surface area contributed by atoms with E-state index in [1.165, 1.54) is 17.0 Å². The number of aliphatic hydroxyl groups is 1. The molecule has 0 fully saturated rings. The summed E-state index contributed by atoms with van der Waals surface area (Å²) in [5.41, 5.74) is -2.20. The fraction of sp³-hybridized carbons (Fsp3) is 0.409. The number of carboxylic acids is 3. The highest BCUT2D eigenvalue weighted by Gasteiger charge is 2.40. The van der Waals surface area contributed by atoms with E-state index in [-0.39, 0.29) is 0 Å². The number of hydrogen-bond acceptors (Lipinski definition) is 7. The summed E-state index contributed by atoms with van der Waals surface area (Å²) in [6.07, 6.45) is -2.29. The molecule has 0 saturated heterocycles. The van der Waals surface area contributed by atoms with E-state index in [0.29, 0.717) is 12.1 Å². The molecule has 0 radical (unpaired) electrons. The van der Waals surface area contributed by atoms with Gasteiger partial charge in [0.1, 0.15) is 11.6 Å². The minimum absolute atomic E-state index is 0.476. The summed E-state index contributed by atoms with van der Waals surface area (Å²) in [7, 11) is 4.03. The van der Waals surface area contributed by atoms with Gasteiger partial charge in [-0.2, -0.15) is 0 Å². The predicted molar refractivity (Wildman–Crippen MR) is 120 cm³/mol. The van der Waals surface area contributed by atoms with Crippen molar-refractivity contribution >= 4 is 29.2 Å². The number of likely N-dealkylation sites (N-methyl/N-ethyl adjacent to an activating group) is 1. The molecule has 1 heterocycles. The highest BCUT2D eigenvalue weighted by Crippen LogP contribution is 2.17. The Kier molecular flexibility index (Phi) is 11.7. The van der Waals surface area contributed by atoms with Crippen molar-refractivity contribution in [3.8, 4) is 0 Å². The predicted octanol–water partition coefficient (Wildman–Crippen LogP) is 2.34. The van der Waals surface area contributed by atoms with Crippen LogP contribution in [0.4, 0.5) is 8.78 Å². The van der Waals surface area contributed by atoms with Gasteiger partial charge in [-0.1, -0.05) is 12.1 Å². The van der Waals surface area contributed by atoms with E-state index in [1.807, 2.05) is 25.5 Å². The second kappa shape index (κ2) is 13.7. The molecule has 4 N–H and O–H groups in total. The monoisotopic (exact) mass is 502 g/mol. The normalized spacial score (nSPS) is 11.3. The van der Waals surface area contributed by atoms with Crippen LogP contribution in [0.3, 0.4) is 0 Å². The first-order valence-corrected chi connectivity index (χ1v) is 10.9. The lowest BCUT2D eigenvalue weighted by Crippen LogP contribution is -2.42. The maximum atomic E-state index is 13.8. The summed E-state index contributed by atoms with van der Waals surface area (Å²) in [4.78, 5) is 36.0. The van der Waals surface area contributed by atoms with Gasteiger partial charge in [-0.15, -0.1) is 11.3 Å². The van der Waals surface area contributed by atoms with Crippen LogP contribution in [0.5, 0.6) is 0 Å². The second-order valence-electron chi connectivity index (χ2n) is 7.81. The molecule has 0 saturated carbocycles. The Hall–Kier alpha value is -2.93. The van der Waals surface area contributed by atoms with Crippen molar-refractivity contribution in [2.24, 2.45) is 0 Å². The molecule has 0 aliphatic heterocycles. The van der Waals surface area contributed by atoms with Crippen molar-refractivity contribution in [1.29, 1.82) is 0 Å². The van der Waals surface area contributed by atoms with Crippen LogP contribution in [-0.4, -0.2) is 80.9 Å². The van der Waals surface area contributed by atoms with Crippen molar-refractivity contribution in [3.05, 3.63) is 57.8 Å². The molecule has 0 atom stereocenters. The number of hydrogen-bond donors (Lipinski definition) is 4. The Labute approximate surface area is 199 Å². The highest BCUT2D eigenvalue weighted by atomic mass is 32.1. The molecule has 0 unspecified atom stereocenters.